The summed E-state index contributed by atoms with van der Waals surface area (Å²) in [6, 6.07) is 8.64. The minimum Gasteiger partial charge on any atom is -0.507 e. The molecule has 2 N–H and O–H groups in total. The summed E-state index contributed by atoms with van der Waals surface area (Å²) < 4.78 is 1.47. The van der Waals surface area contributed by atoms with E-state index in [1.807, 2.05) is 44.7 Å². The van der Waals surface area contributed by atoms with Gasteiger partial charge in [-0.25, -0.2) is 19.1 Å². The lowest BCUT2D eigenvalue weighted by Gasteiger charge is -2.39. The predicted molar refractivity (Wildman–Crippen MR) is 155 cm³/mol. The fraction of sp³-hybridized carbons (Fsp3) is 0.345. The second kappa shape index (κ2) is 10.4. The number of rotatable bonds is 4. The Kier molecular flexibility index (Phi) is 7.14. The van der Waals surface area contributed by atoms with Crippen LogP contribution < -0.4 is 10.6 Å². The van der Waals surface area contributed by atoms with Gasteiger partial charge in [0.05, 0.1) is 27.5 Å². The van der Waals surface area contributed by atoms with Crippen LogP contribution in [0.4, 0.5) is 10.6 Å². The van der Waals surface area contributed by atoms with E-state index in [0.717, 1.165) is 11.3 Å². The van der Waals surface area contributed by atoms with E-state index in [0.29, 0.717) is 45.9 Å². The molecule has 1 aromatic carbocycles. The summed E-state index contributed by atoms with van der Waals surface area (Å²) in [6.45, 7) is 10.5. The number of piperazine rings is 1. The van der Waals surface area contributed by atoms with Crippen LogP contribution in [-0.4, -0.2) is 66.4 Å². The van der Waals surface area contributed by atoms with Gasteiger partial charge in [0, 0.05) is 37.4 Å². The van der Waals surface area contributed by atoms with Crippen LogP contribution in [0.5, 0.6) is 5.75 Å². The highest BCUT2D eigenvalue weighted by atomic mass is 35.5. The smallest absolute Gasteiger partial charge is 0.407 e. The standard InChI is InChI=1S/C29H31ClN6O4/c1-15(2)22-24(16(3)9-10-31-22)36-27-20(13-21(30)23(32-27)19-8-6-7-17(4)25(19)37)26(33-28(36)38)35-12-11-34(29(39)40)14-18(35)5/h6-10,13,15,18,37H,11-12,14H2,1-5H3,(H,39,40). The number of fused-ring (bicyclic) bond motifs is 1. The molecule has 0 spiro atoms. The Hall–Kier alpha value is -4.18. The summed E-state index contributed by atoms with van der Waals surface area (Å²) in [5, 5.41) is 21.2. The number of carboxylic acid groups (broad SMARTS) is 1. The summed E-state index contributed by atoms with van der Waals surface area (Å²) in [4.78, 5) is 42.8. The van der Waals surface area contributed by atoms with Crippen molar-refractivity contribution >= 4 is 34.5 Å². The molecule has 0 saturated carbocycles. The van der Waals surface area contributed by atoms with Crippen LogP contribution in [0.1, 0.15) is 43.5 Å². The van der Waals surface area contributed by atoms with Crippen LogP contribution in [0.3, 0.4) is 0 Å². The zero-order chi connectivity index (χ0) is 28.9. The molecule has 0 radical (unpaired) electrons. The maximum Gasteiger partial charge on any atom is 0.407 e. The molecule has 1 fully saturated rings. The molecule has 1 aliphatic rings. The van der Waals surface area contributed by atoms with Crippen molar-refractivity contribution in [2.75, 3.05) is 24.5 Å². The van der Waals surface area contributed by atoms with E-state index >= 15 is 0 Å². The minimum atomic E-state index is -0.986. The van der Waals surface area contributed by atoms with Crippen LogP contribution >= 0.6 is 11.6 Å². The van der Waals surface area contributed by atoms with E-state index in [4.69, 9.17) is 16.6 Å². The maximum atomic E-state index is 13.9. The first-order chi connectivity index (χ1) is 19.0. The highest BCUT2D eigenvalue weighted by Crippen LogP contribution is 2.39. The molecule has 0 aliphatic carbocycles. The molecule has 40 heavy (non-hydrogen) atoms. The third-order valence-corrected chi connectivity index (χ3v) is 7.68. The number of phenolic OH excluding ortho intramolecular Hbond substituents is 1. The van der Waals surface area contributed by atoms with Crippen molar-refractivity contribution in [2.24, 2.45) is 0 Å². The number of para-hydroxylation sites is 1. The van der Waals surface area contributed by atoms with Crippen molar-refractivity contribution in [3.8, 4) is 22.7 Å². The van der Waals surface area contributed by atoms with E-state index in [1.165, 1.54) is 9.47 Å². The monoisotopic (exact) mass is 562 g/mol. The summed E-state index contributed by atoms with van der Waals surface area (Å²) in [6.07, 6.45) is 0.730. The number of pyridine rings is 2. The molecule has 0 bridgehead atoms. The van der Waals surface area contributed by atoms with Crippen LogP contribution in [0.2, 0.25) is 5.02 Å². The SMILES string of the molecule is Cc1cccc(-c2nc3c(cc2Cl)c(N2CCN(C(=O)O)CC2C)nc(=O)n3-c2c(C)ccnc2C(C)C)c1O. The van der Waals surface area contributed by atoms with E-state index in [2.05, 4.69) is 9.97 Å². The highest BCUT2D eigenvalue weighted by molar-refractivity contribution is 6.34. The van der Waals surface area contributed by atoms with E-state index in [1.54, 1.807) is 31.3 Å². The van der Waals surface area contributed by atoms with Gasteiger partial charge < -0.3 is 20.0 Å². The molecule has 208 valence electrons. The Balaban J connectivity index is 1.85. The van der Waals surface area contributed by atoms with E-state index in [9.17, 15) is 19.8 Å². The summed E-state index contributed by atoms with van der Waals surface area (Å²) in [7, 11) is 0. The van der Waals surface area contributed by atoms with Crippen LogP contribution in [0, 0.1) is 13.8 Å². The minimum absolute atomic E-state index is 0.00762. The first-order valence-electron chi connectivity index (χ1n) is 13.1. The van der Waals surface area contributed by atoms with Gasteiger partial charge in [-0.3, -0.25) is 4.98 Å². The molecule has 11 heteroatoms. The number of halogens is 1. The van der Waals surface area contributed by atoms with E-state index in [-0.39, 0.29) is 35.8 Å². The van der Waals surface area contributed by atoms with Crippen molar-refractivity contribution in [1.82, 2.24) is 24.4 Å². The number of carbonyl (C=O) groups is 1. The van der Waals surface area contributed by atoms with Gasteiger partial charge >= 0.3 is 11.8 Å². The van der Waals surface area contributed by atoms with Crippen LogP contribution in [0.15, 0.2) is 41.3 Å². The number of hydrogen-bond acceptors (Lipinski definition) is 7. The topological polar surface area (TPSA) is 125 Å². The molecular formula is C29H31ClN6O4. The van der Waals surface area contributed by atoms with E-state index < -0.39 is 11.8 Å². The van der Waals surface area contributed by atoms with Crippen molar-refractivity contribution < 1.29 is 15.0 Å². The molecule has 1 amide bonds. The number of aromatic hydroxyl groups is 1. The first-order valence-corrected chi connectivity index (χ1v) is 13.5. The molecule has 1 unspecified atom stereocenters. The normalized spacial score (nSPS) is 15.7. The number of nitrogens with zero attached hydrogens (tertiary/aromatic N) is 6. The molecule has 4 heterocycles. The lowest BCUT2D eigenvalue weighted by Crippen LogP contribution is -2.54. The fourth-order valence-corrected chi connectivity index (χ4v) is 5.55. The van der Waals surface area contributed by atoms with Crippen molar-refractivity contribution in [3.05, 3.63) is 68.9 Å². The van der Waals surface area contributed by atoms with Crippen molar-refractivity contribution in [2.45, 2.75) is 46.6 Å². The number of aryl methyl sites for hydroxylation is 2. The molecule has 4 aromatic rings. The number of phenols is 1. The highest BCUT2D eigenvalue weighted by Gasteiger charge is 2.31. The Morgan fingerprint density at radius 1 is 1.12 bits per heavy atom. The summed E-state index contributed by atoms with van der Waals surface area (Å²) in [5.74, 6) is 0.447. The van der Waals surface area contributed by atoms with Gasteiger partial charge in [0.15, 0.2) is 5.65 Å². The van der Waals surface area contributed by atoms with Crippen LogP contribution in [0.25, 0.3) is 28.0 Å². The fourth-order valence-electron chi connectivity index (χ4n) is 5.30. The molecule has 1 aliphatic heterocycles. The number of aromatic nitrogens is 4. The lowest BCUT2D eigenvalue weighted by atomic mass is 10.0. The van der Waals surface area contributed by atoms with Gasteiger partial charge in [0.25, 0.3) is 0 Å². The van der Waals surface area contributed by atoms with Gasteiger partial charge in [-0.1, -0.05) is 37.6 Å². The number of amides is 1. The predicted octanol–water partition coefficient (Wildman–Crippen LogP) is 5.13. The number of anilines is 1. The van der Waals surface area contributed by atoms with Gasteiger partial charge in [-0.2, -0.15) is 4.98 Å². The Morgan fingerprint density at radius 2 is 1.88 bits per heavy atom. The Labute approximate surface area is 236 Å². The second-order valence-electron chi connectivity index (χ2n) is 10.5. The average molecular weight is 563 g/mol. The zero-order valence-corrected chi connectivity index (χ0v) is 23.8. The third-order valence-electron chi connectivity index (χ3n) is 7.39. The maximum absolute atomic E-state index is 13.9. The molecule has 10 nitrogen and oxygen atoms in total. The molecule has 1 saturated heterocycles. The zero-order valence-electron chi connectivity index (χ0n) is 23.0. The average Bonchev–Trinajstić information content (AvgIpc) is 2.90. The summed E-state index contributed by atoms with van der Waals surface area (Å²) in [5.41, 5.74) is 3.37. The number of benzene rings is 1. The molecule has 3 aromatic heterocycles. The van der Waals surface area contributed by atoms with Crippen LogP contribution in [-0.2, 0) is 0 Å². The lowest BCUT2D eigenvalue weighted by molar-refractivity contribution is 0.136. The Bertz CT molecular complexity index is 1700. The first kappa shape index (κ1) is 27.4. The molecular weight excluding hydrogens is 532 g/mol. The quantitative estimate of drug-likeness (QED) is 0.351. The second-order valence-corrected chi connectivity index (χ2v) is 10.9. The van der Waals surface area contributed by atoms with Gasteiger partial charge in [-0.15, -0.1) is 0 Å². The summed E-state index contributed by atoms with van der Waals surface area (Å²) >= 11 is 6.82. The van der Waals surface area contributed by atoms with Crippen molar-refractivity contribution in [3.63, 3.8) is 0 Å². The van der Waals surface area contributed by atoms with Gasteiger partial charge in [0.2, 0.25) is 0 Å². The largest absolute Gasteiger partial charge is 0.507 e. The number of hydrogen-bond donors (Lipinski definition) is 2. The van der Waals surface area contributed by atoms with Crippen molar-refractivity contribution in [1.29, 1.82) is 0 Å². The molecule has 1 atom stereocenters. The Morgan fingerprint density at radius 3 is 2.55 bits per heavy atom. The van der Waals surface area contributed by atoms with Gasteiger partial charge in [0.1, 0.15) is 11.6 Å². The third kappa shape index (κ3) is 4.62. The molecule has 5 rings (SSSR count). The van der Waals surface area contributed by atoms with Gasteiger partial charge in [-0.05, 0) is 56.0 Å².